The highest BCUT2D eigenvalue weighted by molar-refractivity contribution is 5.81. The highest BCUT2D eigenvalue weighted by Crippen LogP contribution is 2.27. The van der Waals surface area contributed by atoms with Gasteiger partial charge in [0.2, 0.25) is 0 Å². The number of carbonyl (C=O) groups is 1. The van der Waals surface area contributed by atoms with Crippen molar-refractivity contribution < 1.29 is 9.53 Å². The van der Waals surface area contributed by atoms with E-state index in [0.29, 0.717) is 5.75 Å². The first-order chi connectivity index (χ1) is 10.4. The van der Waals surface area contributed by atoms with Crippen LogP contribution in [0, 0.1) is 27.7 Å². The molecule has 0 radical (unpaired) electrons. The summed E-state index contributed by atoms with van der Waals surface area (Å²) in [5.74, 6) is 0.251. The van der Waals surface area contributed by atoms with Crippen molar-refractivity contribution in [3.63, 3.8) is 0 Å². The Bertz CT molecular complexity index is 686. The Balaban J connectivity index is 2.25. The van der Waals surface area contributed by atoms with Crippen LogP contribution >= 0.6 is 0 Å². The molecule has 2 aromatic rings. The Morgan fingerprint density at radius 1 is 0.955 bits per heavy atom. The number of esters is 1. The lowest BCUT2D eigenvalue weighted by molar-refractivity contribution is -0.136. The maximum absolute atomic E-state index is 12.6. The molecule has 0 heterocycles. The van der Waals surface area contributed by atoms with E-state index in [-0.39, 0.29) is 11.9 Å². The zero-order chi connectivity index (χ0) is 16.3. The molecule has 0 saturated heterocycles. The first kappa shape index (κ1) is 16.3. The van der Waals surface area contributed by atoms with E-state index < -0.39 is 0 Å². The molecule has 2 nitrogen and oxygen atoms in total. The maximum Gasteiger partial charge on any atom is 0.318 e. The highest BCUT2D eigenvalue weighted by atomic mass is 16.5. The summed E-state index contributed by atoms with van der Waals surface area (Å²) in [6.07, 6.45) is 0.730. The lowest BCUT2D eigenvalue weighted by Gasteiger charge is -2.18. The Morgan fingerprint density at radius 2 is 1.55 bits per heavy atom. The molecule has 0 bridgehead atoms. The molecule has 0 fully saturated rings. The van der Waals surface area contributed by atoms with Gasteiger partial charge in [-0.05, 0) is 56.9 Å². The number of benzene rings is 2. The molecular weight excluding hydrogens is 272 g/mol. The zero-order valence-corrected chi connectivity index (χ0v) is 14.1. The van der Waals surface area contributed by atoms with Gasteiger partial charge in [-0.25, -0.2) is 0 Å². The summed E-state index contributed by atoms with van der Waals surface area (Å²) in [5.41, 5.74) is 5.56. The highest BCUT2D eigenvalue weighted by Gasteiger charge is 2.23. The molecule has 0 amide bonds. The molecule has 2 heteroatoms. The molecule has 0 aliphatic carbocycles. The fourth-order valence-electron chi connectivity index (χ4n) is 2.82. The first-order valence-electron chi connectivity index (χ1n) is 7.78. The lowest BCUT2D eigenvalue weighted by Crippen LogP contribution is -2.19. The minimum atomic E-state index is -0.221. The van der Waals surface area contributed by atoms with Crippen LogP contribution in [0.5, 0.6) is 5.75 Å². The summed E-state index contributed by atoms with van der Waals surface area (Å²) in [6, 6.07) is 12.1. The van der Waals surface area contributed by atoms with E-state index >= 15 is 0 Å². The summed E-state index contributed by atoms with van der Waals surface area (Å²) in [6.45, 7) is 10.1. The van der Waals surface area contributed by atoms with Gasteiger partial charge < -0.3 is 4.74 Å². The Morgan fingerprint density at radius 3 is 2.09 bits per heavy atom. The number of aryl methyl sites for hydroxylation is 4. The Hall–Kier alpha value is -2.09. The molecule has 1 unspecified atom stereocenters. The van der Waals surface area contributed by atoms with Crippen LogP contribution in [0.15, 0.2) is 36.4 Å². The van der Waals surface area contributed by atoms with Gasteiger partial charge in [0, 0.05) is 0 Å². The Kier molecular flexibility index (Phi) is 5.02. The lowest BCUT2D eigenvalue weighted by atomic mass is 9.91. The molecule has 22 heavy (non-hydrogen) atoms. The fourth-order valence-corrected chi connectivity index (χ4v) is 2.82. The molecule has 0 spiro atoms. The molecule has 0 aliphatic rings. The van der Waals surface area contributed by atoms with Gasteiger partial charge in [-0.2, -0.15) is 0 Å². The van der Waals surface area contributed by atoms with Crippen molar-refractivity contribution in [2.75, 3.05) is 0 Å². The van der Waals surface area contributed by atoms with E-state index in [1.54, 1.807) is 0 Å². The summed E-state index contributed by atoms with van der Waals surface area (Å²) in [7, 11) is 0. The summed E-state index contributed by atoms with van der Waals surface area (Å²) in [5, 5.41) is 0. The number of ether oxygens (including phenoxy) is 1. The topological polar surface area (TPSA) is 26.3 Å². The fraction of sp³-hybridized carbons (Fsp3) is 0.350. The van der Waals surface area contributed by atoms with Gasteiger partial charge in [-0.3, -0.25) is 4.79 Å². The number of carbonyl (C=O) groups excluding carboxylic acids is 1. The molecule has 0 aromatic heterocycles. The van der Waals surface area contributed by atoms with Gasteiger partial charge in [-0.1, -0.05) is 48.4 Å². The smallest absolute Gasteiger partial charge is 0.318 e. The van der Waals surface area contributed by atoms with E-state index in [1.807, 2.05) is 45.0 Å². The average Bonchev–Trinajstić information content (AvgIpc) is 2.45. The van der Waals surface area contributed by atoms with Crippen LogP contribution in [-0.4, -0.2) is 5.97 Å². The average molecular weight is 296 g/mol. The van der Waals surface area contributed by atoms with Gasteiger partial charge >= 0.3 is 5.97 Å². The normalized spacial score (nSPS) is 12.0. The van der Waals surface area contributed by atoms with Crippen LogP contribution in [0.25, 0.3) is 0 Å². The summed E-state index contributed by atoms with van der Waals surface area (Å²) >= 11 is 0. The predicted molar refractivity (Wildman–Crippen MR) is 90.5 cm³/mol. The molecule has 0 aliphatic heterocycles. The SMILES string of the molecule is CCC(C(=O)Oc1ccc(C)cc1C)c1ccc(C)cc1C. The van der Waals surface area contributed by atoms with Crippen molar-refractivity contribution in [2.24, 2.45) is 0 Å². The second kappa shape index (κ2) is 6.78. The number of hydrogen-bond donors (Lipinski definition) is 0. The molecule has 0 saturated carbocycles. The van der Waals surface area contributed by atoms with E-state index in [0.717, 1.165) is 23.1 Å². The first-order valence-corrected chi connectivity index (χ1v) is 7.78. The van der Waals surface area contributed by atoms with E-state index in [1.165, 1.54) is 11.1 Å². The van der Waals surface area contributed by atoms with Crippen molar-refractivity contribution in [1.29, 1.82) is 0 Å². The number of rotatable bonds is 4. The minimum absolute atomic E-state index is 0.179. The van der Waals surface area contributed by atoms with Gasteiger partial charge in [0.1, 0.15) is 5.75 Å². The van der Waals surface area contributed by atoms with Gasteiger partial charge in [-0.15, -0.1) is 0 Å². The van der Waals surface area contributed by atoms with Crippen LogP contribution < -0.4 is 4.74 Å². The quantitative estimate of drug-likeness (QED) is 0.585. The maximum atomic E-state index is 12.6. The van der Waals surface area contributed by atoms with Crippen LogP contribution in [0.1, 0.15) is 47.1 Å². The largest absolute Gasteiger partial charge is 0.426 e. The van der Waals surface area contributed by atoms with E-state index in [2.05, 4.69) is 26.0 Å². The van der Waals surface area contributed by atoms with Crippen molar-refractivity contribution >= 4 is 5.97 Å². The second-order valence-corrected chi connectivity index (χ2v) is 6.01. The van der Waals surface area contributed by atoms with Crippen LogP contribution in [-0.2, 0) is 4.79 Å². The van der Waals surface area contributed by atoms with Gasteiger partial charge in [0.15, 0.2) is 0 Å². The van der Waals surface area contributed by atoms with Crippen molar-refractivity contribution in [1.82, 2.24) is 0 Å². The van der Waals surface area contributed by atoms with Crippen molar-refractivity contribution in [3.8, 4) is 5.75 Å². The van der Waals surface area contributed by atoms with Crippen LogP contribution in [0.3, 0.4) is 0 Å². The second-order valence-electron chi connectivity index (χ2n) is 6.01. The van der Waals surface area contributed by atoms with Crippen molar-refractivity contribution in [2.45, 2.75) is 47.0 Å². The molecular formula is C20H24O2. The minimum Gasteiger partial charge on any atom is -0.426 e. The molecule has 0 N–H and O–H groups in total. The van der Waals surface area contributed by atoms with Crippen LogP contribution in [0.4, 0.5) is 0 Å². The predicted octanol–water partition coefficient (Wildman–Crippen LogP) is 5.02. The zero-order valence-electron chi connectivity index (χ0n) is 14.1. The third-order valence-electron chi connectivity index (χ3n) is 4.03. The van der Waals surface area contributed by atoms with E-state index in [9.17, 15) is 4.79 Å². The standard InChI is InChI=1S/C20H24O2/c1-6-17(18-9-7-13(2)11-15(18)4)20(21)22-19-10-8-14(3)12-16(19)5/h7-12,17H,6H2,1-5H3. The summed E-state index contributed by atoms with van der Waals surface area (Å²) < 4.78 is 5.65. The third-order valence-corrected chi connectivity index (χ3v) is 4.03. The molecule has 116 valence electrons. The summed E-state index contributed by atoms with van der Waals surface area (Å²) in [4.78, 5) is 12.6. The van der Waals surface area contributed by atoms with Crippen molar-refractivity contribution in [3.05, 3.63) is 64.2 Å². The molecule has 1 atom stereocenters. The molecule has 2 aromatic carbocycles. The monoisotopic (exact) mass is 296 g/mol. The Labute approximate surface area is 133 Å². The van der Waals surface area contributed by atoms with E-state index in [4.69, 9.17) is 4.74 Å². The van der Waals surface area contributed by atoms with Gasteiger partial charge in [0.25, 0.3) is 0 Å². The van der Waals surface area contributed by atoms with Crippen LogP contribution in [0.2, 0.25) is 0 Å². The molecule has 2 rings (SSSR count). The third kappa shape index (κ3) is 3.56. The number of hydrogen-bond acceptors (Lipinski definition) is 2. The van der Waals surface area contributed by atoms with Gasteiger partial charge in [0.05, 0.1) is 5.92 Å².